The molecule has 2 bridgehead atoms. The second kappa shape index (κ2) is 3.61. The molecular formula is C14H22O2. The van der Waals surface area contributed by atoms with Crippen LogP contribution in [0.15, 0.2) is 11.6 Å². The molecule has 0 aliphatic heterocycles. The number of ether oxygens (including phenoxy) is 1. The molecule has 0 aromatic carbocycles. The predicted molar refractivity (Wildman–Crippen MR) is 63.9 cm³/mol. The van der Waals surface area contributed by atoms with E-state index < -0.39 is 0 Å². The van der Waals surface area contributed by atoms with Gasteiger partial charge in [-0.1, -0.05) is 26.3 Å². The molecule has 2 aliphatic carbocycles. The summed E-state index contributed by atoms with van der Waals surface area (Å²) in [5.41, 5.74) is 1.86. The molecule has 2 nitrogen and oxygen atoms in total. The predicted octanol–water partition coefficient (Wildman–Crippen LogP) is 3.32. The van der Waals surface area contributed by atoms with Gasteiger partial charge in [0.2, 0.25) is 0 Å². The topological polar surface area (TPSA) is 26.3 Å². The lowest BCUT2D eigenvalue weighted by Gasteiger charge is -2.35. The Bertz CT molecular complexity index is 341. The molecule has 0 spiro atoms. The summed E-state index contributed by atoms with van der Waals surface area (Å²) < 4.78 is 5.01. The van der Waals surface area contributed by atoms with Crippen molar-refractivity contribution in [2.45, 2.75) is 47.0 Å². The molecule has 2 fully saturated rings. The molecule has 2 heteroatoms. The molecule has 90 valence electrons. The maximum Gasteiger partial charge on any atom is 0.330 e. The van der Waals surface area contributed by atoms with Gasteiger partial charge in [0, 0.05) is 6.08 Å². The SMILES string of the molecule is CCOC(=O)/C=C1/CC2CCC1(C)C2(C)C. The van der Waals surface area contributed by atoms with Crippen molar-refractivity contribution >= 4 is 5.97 Å². The Morgan fingerprint density at radius 1 is 1.50 bits per heavy atom. The summed E-state index contributed by atoms with van der Waals surface area (Å²) >= 11 is 0. The van der Waals surface area contributed by atoms with Gasteiger partial charge in [-0.3, -0.25) is 0 Å². The van der Waals surface area contributed by atoms with E-state index in [-0.39, 0.29) is 11.4 Å². The Morgan fingerprint density at radius 3 is 2.62 bits per heavy atom. The molecule has 0 amide bonds. The van der Waals surface area contributed by atoms with Crippen LogP contribution in [0.25, 0.3) is 0 Å². The lowest BCUT2D eigenvalue weighted by atomic mass is 9.69. The van der Waals surface area contributed by atoms with Crippen molar-refractivity contribution in [3.8, 4) is 0 Å². The van der Waals surface area contributed by atoms with E-state index in [0.717, 1.165) is 12.3 Å². The molecule has 2 unspecified atom stereocenters. The van der Waals surface area contributed by atoms with Crippen LogP contribution in [0.3, 0.4) is 0 Å². The number of hydrogen-bond acceptors (Lipinski definition) is 2. The molecule has 0 saturated heterocycles. The van der Waals surface area contributed by atoms with E-state index in [0.29, 0.717) is 12.0 Å². The number of esters is 1. The second-order valence-electron chi connectivity index (χ2n) is 5.92. The van der Waals surface area contributed by atoms with Crippen molar-refractivity contribution in [3.05, 3.63) is 11.6 Å². The fraction of sp³-hybridized carbons (Fsp3) is 0.786. The average Bonchev–Trinajstić information content (AvgIpc) is 2.51. The first kappa shape index (κ1) is 11.7. The summed E-state index contributed by atoms with van der Waals surface area (Å²) in [7, 11) is 0. The highest BCUT2D eigenvalue weighted by molar-refractivity contribution is 5.83. The van der Waals surface area contributed by atoms with E-state index in [9.17, 15) is 4.79 Å². The monoisotopic (exact) mass is 222 g/mol. The Kier molecular flexibility index (Phi) is 2.64. The van der Waals surface area contributed by atoms with Crippen molar-refractivity contribution < 1.29 is 9.53 Å². The number of rotatable bonds is 2. The van der Waals surface area contributed by atoms with Crippen molar-refractivity contribution in [1.29, 1.82) is 0 Å². The van der Waals surface area contributed by atoms with Gasteiger partial charge in [-0.05, 0) is 42.9 Å². The summed E-state index contributed by atoms with van der Waals surface area (Å²) in [5.74, 6) is 0.584. The van der Waals surface area contributed by atoms with Crippen LogP contribution in [0.1, 0.15) is 47.0 Å². The first-order valence-corrected chi connectivity index (χ1v) is 6.29. The standard InChI is InChI=1S/C14H22O2/c1-5-16-12(15)9-11-8-10-6-7-14(11,4)13(10,2)3/h9-10H,5-8H2,1-4H3/b11-9-. The van der Waals surface area contributed by atoms with Gasteiger partial charge < -0.3 is 4.74 Å². The third kappa shape index (κ3) is 1.42. The van der Waals surface area contributed by atoms with Gasteiger partial charge in [-0.2, -0.15) is 0 Å². The maximum atomic E-state index is 11.5. The normalized spacial score (nSPS) is 38.0. The smallest absolute Gasteiger partial charge is 0.330 e. The van der Waals surface area contributed by atoms with Crippen molar-refractivity contribution in [2.75, 3.05) is 6.61 Å². The third-order valence-corrected chi connectivity index (χ3v) is 5.19. The first-order chi connectivity index (χ1) is 7.41. The highest BCUT2D eigenvalue weighted by atomic mass is 16.5. The van der Waals surface area contributed by atoms with Crippen LogP contribution in [-0.2, 0) is 9.53 Å². The van der Waals surface area contributed by atoms with E-state index in [1.54, 1.807) is 6.08 Å². The van der Waals surface area contributed by atoms with Gasteiger partial charge in [0.25, 0.3) is 0 Å². The minimum atomic E-state index is -0.165. The fourth-order valence-electron chi connectivity index (χ4n) is 3.56. The molecule has 2 rings (SSSR count). The summed E-state index contributed by atoms with van der Waals surface area (Å²) in [4.78, 5) is 11.5. The lowest BCUT2D eigenvalue weighted by Crippen LogP contribution is -2.28. The highest BCUT2D eigenvalue weighted by Gasteiger charge is 2.58. The summed E-state index contributed by atoms with van der Waals surface area (Å²) in [6.45, 7) is 9.31. The first-order valence-electron chi connectivity index (χ1n) is 6.29. The minimum Gasteiger partial charge on any atom is -0.463 e. The summed E-state index contributed by atoms with van der Waals surface area (Å²) in [5, 5.41) is 0. The molecule has 16 heavy (non-hydrogen) atoms. The van der Waals surface area contributed by atoms with Crippen molar-refractivity contribution in [2.24, 2.45) is 16.7 Å². The number of carbonyl (C=O) groups excluding carboxylic acids is 1. The van der Waals surface area contributed by atoms with E-state index >= 15 is 0 Å². The van der Waals surface area contributed by atoms with E-state index in [4.69, 9.17) is 4.74 Å². The molecule has 0 heterocycles. The average molecular weight is 222 g/mol. The van der Waals surface area contributed by atoms with Crippen LogP contribution >= 0.6 is 0 Å². The number of hydrogen-bond donors (Lipinski definition) is 0. The zero-order valence-electron chi connectivity index (χ0n) is 10.8. The molecule has 0 aromatic heterocycles. The van der Waals surface area contributed by atoms with Gasteiger partial charge in [0.1, 0.15) is 0 Å². The Balaban J connectivity index is 2.24. The molecule has 0 aromatic rings. The van der Waals surface area contributed by atoms with Crippen LogP contribution in [0, 0.1) is 16.7 Å². The third-order valence-electron chi connectivity index (χ3n) is 5.19. The van der Waals surface area contributed by atoms with Crippen LogP contribution in [0.4, 0.5) is 0 Å². The zero-order valence-corrected chi connectivity index (χ0v) is 10.8. The van der Waals surface area contributed by atoms with Crippen LogP contribution in [0.2, 0.25) is 0 Å². The van der Waals surface area contributed by atoms with Crippen LogP contribution < -0.4 is 0 Å². The quantitative estimate of drug-likeness (QED) is 0.529. The number of fused-ring (bicyclic) bond motifs is 2. The van der Waals surface area contributed by atoms with Crippen LogP contribution in [0.5, 0.6) is 0 Å². The summed E-state index contributed by atoms with van der Waals surface area (Å²) in [6.07, 6.45) is 5.37. The molecule has 2 aliphatic rings. The maximum absolute atomic E-state index is 11.5. The van der Waals surface area contributed by atoms with Gasteiger partial charge in [-0.15, -0.1) is 0 Å². The van der Waals surface area contributed by atoms with E-state index in [1.165, 1.54) is 18.4 Å². The van der Waals surface area contributed by atoms with Crippen molar-refractivity contribution in [1.82, 2.24) is 0 Å². The largest absolute Gasteiger partial charge is 0.463 e. The zero-order chi connectivity index (χ0) is 12.0. The Morgan fingerprint density at radius 2 is 2.19 bits per heavy atom. The van der Waals surface area contributed by atoms with Gasteiger partial charge >= 0.3 is 5.97 Å². The molecule has 0 radical (unpaired) electrons. The Hall–Kier alpha value is -0.790. The molecule has 0 N–H and O–H groups in total. The molecule has 2 saturated carbocycles. The molecular weight excluding hydrogens is 200 g/mol. The van der Waals surface area contributed by atoms with Gasteiger partial charge in [-0.25, -0.2) is 4.79 Å². The number of allylic oxidation sites excluding steroid dienone is 1. The van der Waals surface area contributed by atoms with E-state index in [1.807, 2.05) is 6.92 Å². The van der Waals surface area contributed by atoms with E-state index in [2.05, 4.69) is 20.8 Å². The number of carbonyl (C=O) groups is 1. The molecule has 2 atom stereocenters. The van der Waals surface area contributed by atoms with Gasteiger partial charge in [0.05, 0.1) is 6.61 Å². The van der Waals surface area contributed by atoms with Crippen LogP contribution in [-0.4, -0.2) is 12.6 Å². The van der Waals surface area contributed by atoms with Gasteiger partial charge in [0.15, 0.2) is 0 Å². The summed E-state index contributed by atoms with van der Waals surface area (Å²) in [6, 6.07) is 0. The fourth-order valence-corrected chi connectivity index (χ4v) is 3.56. The minimum absolute atomic E-state index is 0.165. The lowest BCUT2D eigenvalue weighted by molar-refractivity contribution is -0.137. The Labute approximate surface area is 98.1 Å². The second-order valence-corrected chi connectivity index (χ2v) is 5.92. The van der Waals surface area contributed by atoms with Crippen molar-refractivity contribution in [3.63, 3.8) is 0 Å². The highest BCUT2D eigenvalue weighted by Crippen LogP contribution is 2.67.